The van der Waals surface area contributed by atoms with Crippen molar-refractivity contribution in [2.45, 2.75) is 13.3 Å². The molecule has 0 spiro atoms. The molecule has 0 bridgehead atoms. The summed E-state index contributed by atoms with van der Waals surface area (Å²) >= 11 is 1.59. The van der Waals surface area contributed by atoms with E-state index in [1.807, 2.05) is 12.3 Å². The Morgan fingerprint density at radius 1 is 1.86 bits per heavy atom. The first kappa shape index (κ1) is 7.15. The van der Waals surface area contributed by atoms with Crippen LogP contribution < -0.4 is 0 Å². The zero-order valence-electron chi connectivity index (χ0n) is 4.77. The standard InChI is InChI=1S/C5H9BS/c1-3-4-5(6)7-2/h4H,3H2,1-2H3/b5-4-. The van der Waals surface area contributed by atoms with Crippen LogP contribution in [0.1, 0.15) is 13.3 Å². The second kappa shape index (κ2) is 4.32. The van der Waals surface area contributed by atoms with Gasteiger partial charge < -0.3 is 0 Å². The van der Waals surface area contributed by atoms with E-state index < -0.39 is 0 Å². The maximum absolute atomic E-state index is 5.41. The Hall–Kier alpha value is 0.155. The topological polar surface area (TPSA) is 0 Å². The van der Waals surface area contributed by atoms with Crippen molar-refractivity contribution < 1.29 is 0 Å². The number of rotatable bonds is 2. The van der Waals surface area contributed by atoms with E-state index in [0.717, 1.165) is 11.2 Å². The van der Waals surface area contributed by atoms with Gasteiger partial charge in [-0.3, -0.25) is 0 Å². The average Bonchev–Trinajstić information content (AvgIpc) is 1.68. The Labute approximate surface area is 50.8 Å². The first-order valence-corrected chi connectivity index (χ1v) is 3.53. The molecule has 0 saturated heterocycles. The molecule has 0 aliphatic rings. The van der Waals surface area contributed by atoms with Crippen LogP contribution in [0.2, 0.25) is 0 Å². The fraction of sp³-hybridized carbons (Fsp3) is 0.600. The minimum atomic E-state index is 0.919. The van der Waals surface area contributed by atoms with E-state index in [-0.39, 0.29) is 0 Å². The molecule has 2 heteroatoms. The van der Waals surface area contributed by atoms with E-state index in [9.17, 15) is 0 Å². The van der Waals surface area contributed by atoms with Crippen molar-refractivity contribution in [1.29, 1.82) is 0 Å². The highest BCUT2D eigenvalue weighted by Crippen LogP contribution is 2.05. The number of hydrogen-bond donors (Lipinski definition) is 0. The largest absolute Gasteiger partial charge is 0.146 e. The summed E-state index contributed by atoms with van der Waals surface area (Å²) in [5, 5.41) is 0. The fourth-order valence-electron chi connectivity index (χ4n) is 0.285. The SMILES string of the molecule is [B]/C(=C/CC)SC. The Balaban J connectivity index is 3.29. The molecule has 7 heavy (non-hydrogen) atoms. The molecule has 0 amide bonds. The van der Waals surface area contributed by atoms with Gasteiger partial charge in [0.05, 0.1) is 0 Å². The lowest BCUT2D eigenvalue weighted by Gasteiger charge is -1.88. The van der Waals surface area contributed by atoms with E-state index in [2.05, 4.69) is 6.92 Å². The molecule has 0 aliphatic heterocycles. The van der Waals surface area contributed by atoms with Crippen LogP contribution in [-0.4, -0.2) is 14.1 Å². The smallest absolute Gasteiger partial charge is 0.122 e. The van der Waals surface area contributed by atoms with Crippen molar-refractivity contribution in [3.05, 3.63) is 10.9 Å². The van der Waals surface area contributed by atoms with Gasteiger partial charge in [0.25, 0.3) is 0 Å². The van der Waals surface area contributed by atoms with Crippen LogP contribution in [0.5, 0.6) is 0 Å². The van der Waals surface area contributed by atoms with Gasteiger partial charge in [0, 0.05) is 0 Å². The summed E-state index contributed by atoms with van der Waals surface area (Å²) in [7, 11) is 5.41. The van der Waals surface area contributed by atoms with Crippen LogP contribution in [0.15, 0.2) is 10.9 Å². The number of allylic oxidation sites excluding steroid dienone is 1. The molecular weight excluding hydrogens is 103 g/mol. The van der Waals surface area contributed by atoms with Gasteiger partial charge in [0.15, 0.2) is 0 Å². The highest BCUT2D eigenvalue weighted by atomic mass is 32.2. The van der Waals surface area contributed by atoms with E-state index in [1.54, 1.807) is 11.8 Å². The van der Waals surface area contributed by atoms with Gasteiger partial charge in [-0.15, -0.1) is 11.8 Å². The molecular formula is C5H9BS. The van der Waals surface area contributed by atoms with Gasteiger partial charge in [0.2, 0.25) is 0 Å². The van der Waals surface area contributed by atoms with Gasteiger partial charge >= 0.3 is 0 Å². The van der Waals surface area contributed by atoms with Gasteiger partial charge in [-0.2, -0.15) is 0 Å². The van der Waals surface area contributed by atoms with E-state index in [1.165, 1.54) is 0 Å². The van der Waals surface area contributed by atoms with Gasteiger partial charge in [0.1, 0.15) is 7.85 Å². The first-order valence-electron chi connectivity index (χ1n) is 2.31. The minimum Gasteiger partial charge on any atom is -0.146 e. The molecule has 0 aromatic heterocycles. The van der Waals surface area contributed by atoms with Crippen LogP contribution in [-0.2, 0) is 0 Å². The first-order chi connectivity index (χ1) is 3.31. The van der Waals surface area contributed by atoms with Crippen molar-refractivity contribution >= 4 is 19.6 Å². The maximum atomic E-state index is 5.41. The Bertz CT molecular complexity index is 68.5. The summed E-state index contributed by atoms with van der Waals surface area (Å²) in [6.45, 7) is 2.07. The highest BCUT2D eigenvalue weighted by Gasteiger charge is 1.76. The third-order valence-corrected chi connectivity index (χ3v) is 1.28. The summed E-state index contributed by atoms with van der Waals surface area (Å²) in [5.74, 6) is 0. The van der Waals surface area contributed by atoms with Gasteiger partial charge in [-0.25, -0.2) is 0 Å². The van der Waals surface area contributed by atoms with Crippen LogP contribution >= 0.6 is 11.8 Å². The van der Waals surface area contributed by atoms with E-state index in [0.29, 0.717) is 0 Å². The zero-order chi connectivity index (χ0) is 5.70. The van der Waals surface area contributed by atoms with Crippen molar-refractivity contribution in [1.82, 2.24) is 0 Å². The molecule has 0 heterocycles. The minimum absolute atomic E-state index is 0.919. The summed E-state index contributed by atoms with van der Waals surface area (Å²) in [6.07, 6.45) is 5.01. The predicted octanol–water partition coefficient (Wildman–Crippen LogP) is 1.77. The lowest BCUT2D eigenvalue weighted by molar-refractivity contribution is 1.23. The summed E-state index contributed by atoms with van der Waals surface area (Å²) in [4.78, 5) is 0.919. The molecule has 0 aliphatic carbocycles. The average molecular weight is 112 g/mol. The predicted molar refractivity (Wildman–Crippen MR) is 37.6 cm³/mol. The second-order valence-corrected chi connectivity index (χ2v) is 2.10. The Kier molecular flexibility index (Phi) is 4.41. The molecule has 0 saturated carbocycles. The van der Waals surface area contributed by atoms with E-state index in [4.69, 9.17) is 7.85 Å². The molecule has 0 aromatic rings. The van der Waals surface area contributed by atoms with Gasteiger partial charge in [-0.05, 0) is 12.7 Å². The molecule has 0 N–H and O–H groups in total. The third kappa shape index (κ3) is 4.00. The lowest BCUT2D eigenvalue weighted by atomic mass is 10.1. The molecule has 0 rings (SSSR count). The Morgan fingerprint density at radius 2 is 2.43 bits per heavy atom. The van der Waals surface area contributed by atoms with E-state index >= 15 is 0 Å². The van der Waals surface area contributed by atoms with Crippen molar-refractivity contribution in [2.24, 2.45) is 0 Å². The molecule has 0 aromatic carbocycles. The van der Waals surface area contributed by atoms with Crippen LogP contribution in [0.3, 0.4) is 0 Å². The Morgan fingerprint density at radius 3 is 2.57 bits per heavy atom. The summed E-state index contributed by atoms with van der Waals surface area (Å²) < 4.78 is 0. The highest BCUT2D eigenvalue weighted by molar-refractivity contribution is 8.03. The number of hydrogen-bond acceptors (Lipinski definition) is 1. The number of thioether (sulfide) groups is 1. The monoisotopic (exact) mass is 112 g/mol. The van der Waals surface area contributed by atoms with Crippen molar-refractivity contribution in [3.63, 3.8) is 0 Å². The fourth-order valence-corrected chi connectivity index (χ4v) is 0.618. The second-order valence-electron chi connectivity index (χ2n) is 1.22. The molecule has 0 fully saturated rings. The molecule has 2 radical (unpaired) electrons. The quantitative estimate of drug-likeness (QED) is 0.490. The molecule has 0 atom stereocenters. The summed E-state index contributed by atoms with van der Waals surface area (Å²) in [5.41, 5.74) is 0. The normalized spacial score (nSPS) is 12.0. The zero-order valence-corrected chi connectivity index (χ0v) is 5.59. The van der Waals surface area contributed by atoms with Gasteiger partial charge in [-0.1, -0.05) is 17.8 Å². The van der Waals surface area contributed by atoms with Crippen LogP contribution in [0, 0.1) is 0 Å². The molecule has 0 unspecified atom stereocenters. The third-order valence-electron chi connectivity index (χ3n) is 0.641. The molecule has 38 valence electrons. The summed E-state index contributed by atoms with van der Waals surface area (Å²) in [6, 6.07) is 0. The maximum Gasteiger partial charge on any atom is 0.122 e. The van der Waals surface area contributed by atoms with Crippen molar-refractivity contribution in [3.8, 4) is 0 Å². The lowest BCUT2D eigenvalue weighted by Crippen LogP contribution is -1.68. The molecule has 0 nitrogen and oxygen atoms in total. The van der Waals surface area contributed by atoms with Crippen LogP contribution in [0.4, 0.5) is 0 Å². The van der Waals surface area contributed by atoms with Crippen LogP contribution in [0.25, 0.3) is 0 Å². The van der Waals surface area contributed by atoms with Crippen molar-refractivity contribution in [2.75, 3.05) is 6.26 Å².